The van der Waals surface area contributed by atoms with Gasteiger partial charge in [0, 0.05) is 31.7 Å². The molecule has 0 bridgehead atoms. The van der Waals surface area contributed by atoms with E-state index in [2.05, 4.69) is 0 Å². The molecule has 0 spiro atoms. The average Bonchev–Trinajstić information content (AvgIpc) is 2.48. The fourth-order valence-electron chi connectivity index (χ4n) is 2.20. The Balaban J connectivity index is 2.06. The molecule has 1 saturated heterocycles. The number of hydrogen-bond donors (Lipinski definition) is 0. The van der Waals surface area contributed by atoms with Gasteiger partial charge in [0.05, 0.1) is 6.10 Å². The molecule has 1 aliphatic rings. The lowest BCUT2D eigenvalue weighted by molar-refractivity contribution is -0.119. The van der Waals surface area contributed by atoms with Gasteiger partial charge in [-0.3, -0.25) is 9.59 Å². The average molecular weight is 294 g/mol. The minimum absolute atomic E-state index is 0.127. The maximum Gasteiger partial charge on any atom is 0.254 e. The molecule has 0 radical (unpaired) electrons. The second kappa shape index (κ2) is 6.56. The number of piperazine rings is 1. The van der Waals surface area contributed by atoms with E-state index in [-0.39, 0.29) is 17.8 Å². The lowest BCUT2D eigenvalue weighted by Gasteiger charge is -2.32. The fourth-order valence-corrected chi connectivity index (χ4v) is 2.20. The molecular formula is C15H19FN2O3. The number of nitrogens with zero attached hydrogens (tertiary/aromatic N) is 2. The second-order valence-electron chi connectivity index (χ2n) is 5.25. The van der Waals surface area contributed by atoms with Crippen molar-refractivity contribution >= 4 is 12.3 Å². The first-order chi connectivity index (χ1) is 10.0. The summed E-state index contributed by atoms with van der Waals surface area (Å²) in [6.07, 6.45) is 0.650. The topological polar surface area (TPSA) is 49.9 Å². The summed E-state index contributed by atoms with van der Waals surface area (Å²) in [7, 11) is 0. The first-order valence-electron chi connectivity index (χ1n) is 6.96. The number of ether oxygens (including phenoxy) is 1. The molecular weight excluding hydrogens is 275 g/mol. The van der Waals surface area contributed by atoms with Gasteiger partial charge in [-0.05, 0) is 32.0 Å². The standard InChI is InChI=1S/C15H19FN2O3/c1-11(2)21-14-4-3-12(9-13(14)16)15(20)18-7-5-17(10-19)6-8-18/h3-4,9-11H,5-8H2,1-2H3. The van der Waals surface area contributed by atoms with Crippen LogP contribution < -0.4 is 4.74 Å². The van der Waals surface area contributed by atoms with Crippen molar-refractivity contribution in [1.29, 1.82) is 0 Å². The Hall–Kier alpha value is -2.11. The molecule has 1 aromatic carbocycles. The molecule has 0 N–H and O–H groups in total. The molecule has 0 unspecified atom stereocenters. The van der Waals surface area contributed by atoms with E-state index < -0.39 is 5.82 Å². The van der Waals surface area contributed by atoms with E-state index in [0.717, 1.165) is 6.41 Å². The first-order valence-corrected chi connectivity index (χ1v) is 6.96. The summed E-state index contributed by atoms with van der Waals surface area (Å²) in [5.74, 6) is -0.621. The molecule has 114 valence electrons. The van der Waals surface area contributed by atoms with Crippen LogP contribution in [0.5, 0.6) is 5.75 Å². The summed E-state index contributed by atoms with van der Waals surface area (Å²) in [6.45, 7) is 5.56. The molecule has 1 heterocycles. The predicted molar refractivity (Wildman–Crippen MR) is 75.7 cm³/mol. The number of rotatable bonds is 4. The zero-order valence-electron chi connectivity index (χ0n) is 12.2. The van der Waals surface area contributed by atoms with Gasteiger partial charge in [-0.1, -0.05) is 0 Å². The van der Waals surface area contributed by atoms with Gasteiger partial charge in [-0.2, -0.15) is 0 Å². The lowest BCUT2D eigenvalue weighted by Crippen LogP contribution is -2.48. The van der Waals surface area contributed by atoms with Gasteiger partial charge in [0.1, 0.15) is 0 Å². The number of carbonyl (C=O) groups is 2. The lowest BCUT2D eigenvalue weighted by atomic mass is 10.1. The molecule has 5 nitrogen and oxygen atoms in total. The number of hydrogen-bond acceptors (Lipinski definition) is 3. The van der Waals surface area contributed by atoms with Crippen LogP contribution in [0.15, 0.2) is 18.2 Å². The third-order valence-electron chi connectivity index (χ3n) is 3.29. The van der Waals surface area contributed by atoms with Crippen molar-refractivity contribution in [3.63, 3.8) is 0 Å². The van der Waals surface area contributed by atoms with Crippen LogP contribution in [0.3, 0.4) is 0 Å². The van der Waals surface area contributed by atoms with Crippen molar-refractivity contribution in [1.82, 2.24) is 9.80 Å². The molecule has 0 saturated carbocycles. The maximum atomic E-state index is 13.9. The molecule has 6 heteroatoms. The molecule has 1 aromatic rings. The summed E-state index contributed by atoms with van der Waals surface area (Å²) in [5.41, 5.74) is 0.295. The fraction of sp³-hybridized carbons (Fsp3) is 0.467. The van der Waals surface area contributed by atoms with Crippen LogP contribution >= 0.6 is 0 Å². The van der Waals surface area contributed by atoms with E-state index >= 15 is 0 Å². The molecule has 0 aliphatic carbocycles. The number of benzene rings is 1. The highest BCUT2D eigenvalue weighted by atomic mass is 19.1. The molecule has 1 fully saturated rings. The smallest absolute Gasteiger partial charge is 0.254 e. The summed E-state index contributed by atoms with van der Waals surface area (Å²) in [6, 6.07) is 4.24. The van der Waals surface area contributed by atoms with Crippen LogP contribution in [-0.4, -0.2) is 54.4 Å². The Morgan fingerprint density at radius 3 is 2.48 bits per heavy atom. The minimum atomic E-state index is -0.541. The molecule has 2 rings (SSSR count). The Bertz CT molecular complexity index is 526. The molecule has 1 aliphatic heterocycles. The summed E-state index contributed by atoms with van der Waals surface area (Å²) in [5, 5.41) is 0. The van der Waals surface area contributed by atoms with Crippen molar-refractivity contribution in [3.8, 4) is 5.75 Å². The van der Waals surface area contributed by atoms with Gasteiger partial charge in [0.25, 0.3) is 5.91 Å². The monoisotopic (exact) mass is 294 g/mol. The number of carbonyl (C=O) groups excluding carboxylic acids is 2. The quantitative estimate of drug-likeness (QED) is 0.791. The minimum Gasteiger partial charge on any atom is -0.488 e. The highest BCUT2D eigenvalue weighted by Gasteiger charge is 2.22. The van der Waals surface area contributed by atoms with Crippen molar-refractivity contribution in [3.05, 3.63) is 29.6 Å². The van der Waals surface area contributed by atoms with Gasteiger partial charge < -0.3 is 14.5 Å². The Morgan fingerprint density at radius 1 is 1.29 bits per heavy atom. The number of amides is 2. The SMILES string of the molecule is CC(C)Oc1ccc(C(=O)N2CCN(C=O)CC2)cc1F. The van der Waals surface area contributed by atoms with E-state index in [9.17, 15) is 14.0 Å². The van der Waals surface area contributed by atoms with Crippen LogP contribution in [-0.2, 0) is 4.79 Å². The zero-order chi connectivity index (χ0) is 15.4. The zero-order valence-corrected chi connectivity index (χ0v) is 12.2. The third-order valence-corrected chi connectivity index (χ3v) is 3.29. The Labute approximate surface area is 123 Å². The largest absolute Gasteiger partial charge is 0.488 e. The third kappa shape index (κ3) is 3.71. The van der Waals surface area contributed by atoms with Gasteiger partial charge in [-0.25, -0.2) is 4.39 Å². The molecule has 0 aromatic heterocycles. The van der Waals surface area contributed by atoms with Gasteiger partial charge in [0.2, 0.25) is 6.41 Å². The summed E-state index contributed by atoms with van der Waals surface area (Å²) >= 11 is 0. The highest BCUT2D eigenvalue weighted by molar-refractivity contribution is 5.94. The van der Waals surface area contributed by atoms with Gasteiger partial charge in [-0.15, -0.1) is 0 Å². The van der Waals surface area contributed by atoms with Crippen molar-refractivity contribution in [2.24, 2.45) is 0 Å². The Kier molecular flexibility index (Phi) is 4.77. The molecule has 2 amide bonds. The van der Waals surface area contributed by atoms with Crippen molar-refractivity contribution in [2.45, 2.75) is 20.0 Å². The number of halogens is 1. The van der Waals surface area contributed by atoms with Crippen molar-refractivity contribution in [2.75, 3.05) is 26.2 Å². The van der Waals surface area contributed by atoms with Crippen LogP contribution in [0.25, 0.3) is 0 Å². The maximum absolute atomic E-state index is 13.9. The summed E-state index contributed by atoms with van der Waals surface area (Å²) < 4.78 is 19.2. The second-order valence-corrected chi connectivity index (χ2v) is 5.25. The molecule has 21 heavy (non-hydrogen) atoms. The highest BCUT2D eigenvalue weighted by Crippen LogP contribution is 2.20. The van der Waals surface area contributed by atoms with E-state index in [1.807, 2.05) is 13.8 Å². The Morgan fingerprint density at radius 2 is 1.95 bits per heavy atom. The van der Waals surface area contributed by atoms with E-state index in [0.29, 0.717) is 31.7 Å². The van der Waals surface area contributed by atoms with Gasteiger partial charge in [0.15, 0.2) is 11.6 Å². The first kappa shape index (κ1) is 15.3. The van der Waals surface area contributed by atoms with E-state index in [4.69, 9.17) is 4.74 Å². The van der Waals surface area contributed by atoms with Crippen molar-refractivity contribution < 1.29 is 18.7 Å². The van der Waals surface area contributed by atoms with E-state index in [1.54, 1.807) is 15.9 Å². The van der Waals surface area contributed by atoms with Crippen LogP contribution in [0, 0.1) is 5.82 Å². The normalized spacial score (nSPS) is 15.2. The van der Waals surface area contributed by atoms with Crippen LogP contribution in [0.1, 0.15) is 24.2 Å². The summed E-state index contributed by atoms with van der Waals surface area (Å²) in [4.78, 5) is 26.2. The van der Waals surface area contributed by atoms with E-state index in [1.165, 1.54) is 12.1 Å². The predicted octanol–water partition coefficient (Wildman–Crippen LogP) is 1.53. The van der Waals surface area contributed by atoms with Crippen LogP contribution in [0.4, 0.5) is 4.39 Å². The molecule has 0 atom stereocenters. The van der Waals surface area contributed by atoms with Gasteiger partial charge >= 0.3 is 0 Å². The van der Waals surface area contributed by atoms with Crippen LogP contribution in [0.2, 0.25) is 0 Å².